The third-order valence-electron chi connectivity index (χ3n) is 4.88. The van der Waals surface area contributed by atoms with Gasteiger partial charge in [0.2, 0.25) is 0 Å². The number of carbonyl (C=O) groups is 1. The molecule has 148 valence electrons. The molecule has 0 spiro atoms. The van der Waals surface area contributed by atoms with Gasteiger partial charge in [-0.05, 0) is 51.1 Å². The van der Waals surface area contributed by atoms with Gasteiger partial charge in [-0.3, -0.25) is 4.79 Å². The van der Waals surface area contributed by atoms with Crippen molar-refractivity contribution in [2.45, 2.75) is 33.4 Å². The number of nitrogens with one attached hydrogen (secondary N) is 1. The Morgan fingerprint density at radius 2 is 1.97 bits per heavy atom. The van der Waals surface area contributed by atoms with Gasteiger partial charge in [0.15, 0.2) is 0 Å². The van der Waals surface area contributed by atoms with E-state index in [0.717, 1.165) is 28.0 Å². The number of hydrogen-bond donors (Lipinski definition) is 1. The number of rotatable bonds is 6. The number of benzene rings is 2. The number of hydrogen-bond acceptors (Lipinski definition) is 5. The molecule has 29 heavy (non-hydrogen) atoms. The molecule has 4 rings (SSSR count). The molecule has 2 heterocycles. The van der Waals surface area contributed by atoms with E-state index >= 15 is 0 Å². The zero-order valence-electron chi connectivity index (χ0n) is 16.6. The van der Waals surface area contributed by atoms with Crippen molar-refractivity contribution in [1.29, 1.82) is 0 Å². The summed E-state index contributed by atoms with van der Waals surface area (Å²) >= 11 is 0. The zero-order chi connectivity index (χ0) is 20.4. The lowest BCUT2D eigenvalue weighted by atomic mass is 10.1. The molecule has 1 amide bonds. The van der Waals surface area contributed by atoms with Crippen molar-refractivity contribution in [2.24, 2.45) is 0 Å². The van der Waals surface area contributed by atoms with Crippen molar-refractivity contribution in [3.8, 4) is 5.75 Å². The molecule has 1 atom stereocenters. The molecule has 6 nitrogen and oxygen atoms in total. The highest BCUT2D eigenvalue weighted by molar-refractivity contribution is 5.94. The van der Waals surface area contributed by atoms with E-state index < -0.39 is 0 Å². The van der Waals surface area contributed by atoms with E-state index in [2.05, 4.69) is 10.5 Å². The predicted octanol–water partition coefficient (Wildman–Crippen LogP) is 5.11. The van der Waals surface area contributed by atoms with Gasteiger partial charge in [0.05, 0.1) is 17.3 Å². The highest BCUT2D eigenvalue weighted by atomic mass is 16.5. The molecule has 1 unspecified atom stereocenters. The smallest absolute Gasteiger partial charge is 0.251 e. The van der Waals surface area contributed by atoms with Crippen LogP contribution in [0.25, 0.3) is 11.0 Å². The number of amides is 1. The Hall–Kier alpha value is -3.54. The molecule has 0 aliphatic carbocycles. The van der Waals surface area contributed by atoms with E-state index in [4.69, 9.17) is 13.7 Å². The molecule has 2 aromatic carbocycles. The minimum Gasteiger partial charge on any atom is -0.489 e. The molecule has 0 saturated carbocycles. The van der Waals surface area contributed by atoms with Crippen LogP contribution in [0.15, 0.2) is 63.5 Å². The van der Waals surface area contributed by atoms with Gasteiger partial charge in [-0.1, -0.05) is 29.4 Å². The quantitative estimate of drug-likeness (QED) is 0.495. The van der Waals surface area contributed by atoms with Crippen LogP contribution >= 0.6 is 0 Å². The van der Waals surface area contributed by atoms with Crippen molar-refractivity contribution < 1.29 is 18.5 Å². The number of ether oxygens (including phenoxy) is 1. The molecule has 0 aliphatic heterocycles. The molecule has 1 N–H and O–H groups in total. The van der Waals surface area contributed by atoms with Crippen LogP contribution in [-0.4, -0.2) is 11.1 Å². The first kappa shape index (κ1) is 18.8. The van der Waals surface area contributed by atoms with Gasteiger partial charge in [0, 0.05) is 10.9 Å². The Morgan fingerprint density at radius 1 is 1.14 bits per heavy atom. The van der Waals surface area contributed by atoms with Crippen LogP contribution in [-0.2, 0) is 6.61 Å². The van der Waals surface area contributed by atoms with Gasteiger partial charge in [0.1, 0.15) is 29.5 Å². The molecule has 4 aromatic rings. The Morgan fingerprint density at radius 3 is 2.72 bits per heavy atom. The molecule has 0 radical (unpaired) electrons. The third kappa shape index (κ3) is 4.01. The topological polar surface area (TPSA) is 77.5 Å². The third-order valence-corrected chi connectivity index (χ3v) is 4.88. The average molecular weight is 390 g/mol. The van der Waals surface area contributed by atoms with Crippen LogP contribution in [0.5, 0.6) is 5.75 Å². The summed E-state index contributed by atoms with van der Waals surface area (Å²) in [5.74, 6) is 1.86. The summed E-state index contributed by atoms with van der Waals surface area (Å²) in [6, 6.07) is 16.5. The fourth-order valence-electron chi connectivity index (χ4n) is 3.16. The van der Waals surface area contributed by atoms with E-state index in [9.17, 15) is 4.79 Å². The number of nitrogens with zero attached hydrogens (tertiary/aromatic N) is 1. The maximum Gasteiger partial charge on any atom is 0.251 e. The van der Waals surface area contributed by atoms with Gasteiger partial charge >= 0.3 is 0 Å². The van der Waals surface area contributed by atoms with Gasteiger partial charge in [-0.25, -0.2) is 0 Å². The van der Waals surface area contributed by atoms with E-state index in [1.807, 2.05) is 57.2 Å². The number of fused-ring (bicyclic) bond motifs is 1. The van der Waals surface area contributed by atoms with Crippen LogP contribution in [0.3, 0.4) is 0 Å². The lowest BCUT2D eigenvalue weighted by Gasteiger charge is -2.12. The van der Waals surface area contributed by atoms with Crippen molar-refractivity contribution in [3.63, 3.8) is 0 Å². The zero-order valence-corrected chi connectivity index (χ0v) is 16.6. The number of para-hydroxylation sites is 1. The highest BCUT2D eigenvalue weighted by Crippen LogP contribution is 2.24. The summed E-state index contributed by atoms with van der Waals surface area (Å²) in [7, 11) is 0. The number of aryl methyl sites for hydroxylation is 2. The Balaban J connectivity index is 1.43. The van der Waals surface area contributed by atoms with Crippen LogP contribution in [0.2, 0.25) is 0 Å². The fraction of sp³-hybridized carbons (Fsp3) is 0.217. The fourth-order valence-corrected chi connectivity index (χ4v) is 3.16. The summed E-state index contributed by atoms with van der Waals surface area (Å²) in [6.07, 6.45) is 0. The SMILES string of the molecule is Cc1noc(C)c1COc1cccc(C(=O)NC(C)c2cc3ccccc3o2)c1. The van der Waals surface area contributed by atoms with Crippen molar-refractivity contribution >= 4 is 16.9 Å². The van der Waals surface area contributed by atoms with Crippen LogP contribution < -0.4 is 10.1 Å². The summed E-state index contributed by atoms with van der Waals surface area (Å²) in [5.41, 5.74) is 3.04. The van der Waals surface area contributed by atoms with E-state index in [1.165, 1.54) is 0 Å². The van der Waals surface area contributed by atoms with Crippen molar-refractivity contribution in [2.75, 3.05) is 0 Å². The molecule has 0 saturated heterocycles. The first-order valence-electron chi connectivity index (χ1n) is 9.45. The first-order chi connectivity index (χ1) is 14.0. The van der Waals surface area contributed by atoms with Gasteiger partial charge in [-0.2, -0.15) is 0 Å². The molecule has 6 heteroatoms. The normalized spacial score (nSPS) is 12.1. The largest absolute Gasteiger partial charge is 0.489 e. The molecule has 2 aromatic heterocycles. The summed E-state index contributed by atoms with van der Waals surface area (Å²) < 4.78 is 16.8. The second-order valence-electron chi connectivity index (χ2n) is 7.00. The monoisotopic (exact) mass is 390 g/mol. The lowest BCUT2D eigenvalue weighted by Crippen LogP contribution is -2.26. The van der Waals surface area contributed by atoms with Crippen LogP contribution in [0.4, 0.5) is 0 Å². The second kappa shape index (κ2) is 7.83. The molecular formula is C23H22N2O4. The first-order valence-corrected chi connectivity index (χ1v) is 9.45. The Labute approximate surface area is 168 Å². The summed E-state index contributed by atoms with van der Waals surface area (Å²) in [5, 5.41) is 7.91. The Kier molecular flexibility index (Phi) is 5.08. The van der Waals surface area contributed by atoms with E-state index in [0.29, 0.717) is 23.7 Å². The van der Waals surface area contributed by atoms with Gasteiger partial charge in [0.25, 0.3) is 5.91 Å². The predicted molar refractivity (Wildman–Crippen MR) is 109 cm³/mol. The van der Waals surface area contributed by atoms with Crippen molar-refractivity contribution in [3.05, 3.63) is 82.9 Å². The van der Waals surface area contributed by atoms with E-state index in [-0.39, 0.29) is 11.9 Å². The van der Waals surface area contributed by atoms with Gasteiger partial charge < -0.3 is 19.0 Å². The minimum atomic E-state index is -0.262. The number of aromatic nitrogens is 1. The maximum absolute atomic E-state index is 12.7. The van der Waals surface area contributed by atoms with Crippen LogP contribution in [0, 0.1) is 13.8 Å². The average Bonchev–Trinajstić information content (AvgIpc) is 3.30. The lowest BCUT2D eigenvalue weighted by molar-refractivity contribution is 0.0935. The highest BCUT2D eigenvalue weighted by Gasteiger charge is 2.16. The number of carbonyl (C=O) groups excluding carboxylic acids is 1. The minimum absolute atomic E-state index is 0.194. The standard InChI is InChI=1S/C23H22N2O4/c1-14-20(16(3)29-25-14)13-27-19-9-6-8-18(11-19)23(26)24-15(2)22-12-17-7-4-5-10-21(17)28-22/h4-12,15H,13H2,1-3H3,(H,24,26). The van der Waals surface area contributed by atoms with Gasteiger partial charge in [-0.15, -0.1) is 0 Å². The van der Waals surface area contributed by atoms with Crippen LogP contribution in [0.1, 0.15) is 46.1 Å². The maximum atomic E-state index is 12.7. The van der Waals surface area contributed by atoms with Crippen molar-refractivity contribution in [1.82, 2.24) is 10.5 Å². The summed E-state index contributed by atoms with van der Waals surface area (Å²) in [6.45, 7) is 5.95. The Bertz CT molecular complexity index is 1110. The van der Waals surface area contributed by atoms with E-state index in [1.54, 1.807) is 18.2 Å². The molecule has 0 aliphatic rings. The molecular weight excluding hydrogens is 368 g/mol. The molecule has 0 bridgehead atoms. The second-order valence-corrected chi connectivity index (χ2v) is 7.00. The number of furan rings is 1. The molecule has 0 fully saturated rings. The summed E-state index contributed by atoms with van der Waals surface area (Å²) in [4.78, 5) is 12.7.